The molecule has 1 N–H and O–H groups in total. The van der Waals surface area contributed by atoms with E-state index in [2.05, 4.69) is 66.7 Å². The molecule has 8 heteroatoms. The van der Waals surface area contributed by atoms with Crippen LogP contribution in [0, 0.1) is 9.62 Å². The van der Waals surface area contributed by atoms with Gasteiger partial charge in [0, 0.05) is 42.3 Å². The summed E-state index contributed by atoms with van der Waals surface area (Å²) in [5.41, 5.74) is 5.53. The number of rotatable bonds is 5. The molecule has 7 nitrogen and oxygen atoms in total. The number of halogens is 1. The molecule has 2 aromatic rings. The van der Waals surface area contributed by atoms with Gasteiger partial charge in [0.2, 0.25) is 11.9 Å². The first-order valence-corrected chi connectivity index (χ1v) is 15.9. The van der Waals surface area contributed by atoms with E-state index in [1.807, 2.05) is 18.5 Å². The smallest absolute Gasteiger partial charge is 0.227 e. The van der Waals surface area contributed by atoms with Crippen LogP contribution in [0.2, 0.25) is 0 Å². The average molecular weight is 621 g/mol. The van der Waals surface area contributed by atoms with Crippen molar-refractivity contribution in [3.63, 3.8) is 0 Å². The van der Waals surface area contributed by atoms with Gasteiger partial charge in [0.1, 0.15) is 3.70 Å². The zero-order chi connectivity index (χ0) is 25.6. The van der Waals surface area contributed by atoms with E-state index in [1.165, 1.54) is 44.1 Å². The second kappa shape index (κ2) is 12.3. The lowest BCUT2D eigenvalue weighted by Crippen LogP contribution is -2.37. The zero-order valence-electron chi connectivity index (χ0n) is 21.5. The first-order chi connectivity index (χ1) is 18.8. The summed E-state index contributed by atoms with van der Waals surface area (Å²) in [6.07, 6.45) is 26.9. The maximum Gasteiger partial charge on any atom is 0.227 e. The third kappa shape index (κ3) is 6.18. The number of nitrogens with one attached hydrogen (secondary N) is 1. The summed E-state index contributed by atoms with van der Waals surface area (Å²) in [6, 6.07) is 1.97. The summed E-state index contributed by atoms with van der Waals surface area (Å²) in [6.45, 7) is 3.16. The van der Waals surface area contributed by atoms with Crippen LogP contribution in [0.4, 0.5) is 11.9 Å². The highest BCUT2D eigenvalue weighted by Gasteiger charge is 2.18. The van der Waals surface area contributed by atoms with Crippen LogP contribution in [0.3, 0.4) is 0 Å². The number of anilines is 2. The number of hydrogen-bond donors (Lipinski definition) is 1. The maximum absolute atomic E-state index is 5.46. The Balaban J connectivity index is 1.18. The van der Waals surface area contributed by atoms with Gasteiger partial charge in [0.05, 0.1) is 18.9 Å². The molecule has 2 aliphatic carbocycles. The summed E-state index contributed by atoms with van der Waals surface area (Å²) in [7, 11) is 0. The summed E-state index contributed by atoms with van der Waals surface area (Å²) < 4.78 is 8.92. The molecule has 4 heterocycles. The minimum atomic E-state index is -0.380. The topological polar surface area (TPSA) is 76.1 Å². The molecule has 6 rings (SSSR count). The highest BCUT2D eigenvalue weighted by atomic mass is 127. The molecule has 0 atom stereocenters. The molecule has 2 aliphatic heterocycles. The Kier molecular flexibility index (Phi) is 8.16. The van der Waals surface area contributed by atoms with Crippen molar-refractivity contribution >= 4 is 48.3 Å². The molecule has 0 spiro atoms. The first-order valence-electron chi connectivity index (χ1n) is 13.6. The minimum absolute atomic E-state index is 0.380. The van der Waals surface area contributed by atoms with Crippen molar-refractivity contribution in [1.29, 1.82) is 0 Å². The van der Waals surface area contributed by atoms with Gasteiger partial charge < -0.3 is 15.0 Å². The second-order valence-corrected chi connectivity index (χ2v) is 12.2. The van der Waals surface area contributed by atoms with Crippen LogP contribution in [0.1, 0.15) is 49.8 Å². The van der Waals surface area contributed by atoms with Crippen LogP contribution in [-0.4, -0.2) is 50.3 Å². The number of fused-ring (bicyclic) bond motifs is 1. The number of allylic oxidation sites excluding steroid dienone is 8. The molecule has 0 bridgehead atoms. The summed E-state index contributed by atoms with van der Waals surface area (Å²) in [5.74, 6) is 2.08. The van der Waals surface area contributed by atoms with Crippen LogP contribution < -0.4 is 10.2 Å². The molecule has 0 radical (unpaired) electrons. The Labute approximate surface area is 234 Å². The number of nitrogens with zero attached hydrogens (tertiary/aromatic N) is 5. The fourth-order valence-corrected chi connectivity index (χ4v) is 7.34. The molecule has 4 aliphatic rings. The van der Waals surface area contributed by atoms with E-state index in [1.54, 1.807) is 0 Å². The van der Waals surface area contributed by atoms with Crippen molar-refractivity contribution in [1.82, 2.24) is 19.9 Å². The largest absolute Gasteiger partial charge is 0.378 e. The standard InChI is InChI=1S/C30H33IN6O/c1-2-4-8-22(7-3-1)23-9-5-6-10-26(12-11-23)34-29-32-14-13-27(35-29)24-19-25-21-33-30(36-28(25)31-20-24)37-15-17-38-18-16-37/h5-6,9-14,19-22H,1-4,7-8,15-18H2,(H,32,34,35)/b6-5?,9-5-,10-6-,12-11?,23-9?,23-11+,26-10?,26-12+. The van der Waals surface area contributed by atoms with Crippen molar-refractivity contribution in [2.24, 2.45) is 5.92 Å². The molecular formula is C30H33IN6O. The number of aromatic nitrogens is 4. The van der Waals surface area contributed by atoms with Gasteiger partial charge in [-0.25, -0.2) is 19.9 Å². The number of ether oxygens (including phenoxy) is 1. The van der Waals surface area contributed by atoms with E-state index in [0.717, 1.165) is 58.5 Å². The molecule has 1 saturated carbocycles. The van der Waals surface area contributed by atoms with Crippen molar-refractivity contribution in [3.05, 3.63) is 81.1 Å². The summed E-state index contributed by atoms with van der Waals surface area (Å²) >= 11 is -0.380. The van der Waals surface area contributed by atoms with E-state index in [9.17, 15) is 0 Å². The van der Waals surface area contributed by atoms with Crippen LogP contribution in [-0.2, 0) is 4.74 Å². The Bertz CT molecular complexity index is 1340. The molecule has 196 valence electrons. The van der Waals surface area contributed by atoms with E-state index >= 15 is 0 Å². The summed E-state index contributed by atoms with van der Waals surface area (Å²) in [5, 5.41) is 3.43. The quantitative estimate of drug-likeness (QED) is 0.253. The normalized spacial score (nSPS) is 24.6. The van der Waals surface area contributed by atoms with E-state index in [-0.39, 0.29) is 20.7 Å². The lowest BCUT2D eigenvalue weighted by Gasteiger charge is -2.27. The fourth-order valence-electron chi connectivity index (χ4n) is 5.20. The Morgan fingerprint density at radius 2 is 1.79 bits per heavy atom. The monoisotopic (exact) mass is 620 g/mol. The average Bonchev–Trinajstić information content (AvgIpc) is 3.24. The molecule has 2 fully saturated rings. The van der Waals surface area contributed by atoms with Crippen LogP contribution in [0.15, 0.2) is 66.2 Å². The van der Waals surface area contributed by atoms with Gasteiger partial charge in [-0.05, 0) is 52.6 Å². The van der Waals surface area contributed by atoms with E-state index in [4.69, 9.17) is 14.7 Å². The van der Waals surface area contributed by atoms with Gasteiger partial charge in [0.25, 0.3) is 0 Å². The highest BCUT2D eigenvalue weighted by molar-refractivity contribution is 14.2. The van der Waals surface area contributed by atoms with Gasteiger partial charge in [-0.1, -0.05) is 70.7 Å². The molecule has 0 aromatic carbocycles. The third-order valence-corrected chi connectivity index (χ3v) is 9.74. The molecular weight excluding hydrogens is 587 g/mol. The molecule has 0 unspecified atom stereocenters. The number of hydrogen-bond acceptors (Lipinski definition) is 7. The summed E-state index contributed by atoms with van der Waals surface area (Å²) in [4.78, 5) is 21.1. The van der Waals surface area contributed by atoms with Gasteiger partial charge in [0.15, 0.2) is 0 Å². The minimum Gasteiger partial charge on any atom is -0.378 e. The van der Waals surface area contributed by atoms with Crippen LogP contribution in [0.5, 0.6) is 0 Å². The lowest BCUT2D eigenvalue weighted by molar-refractivity contribution is 0.122. The molecule has 1 saturated heterocycles. The van der Waals surface area contributed by atoms with Crippen molar-refractivity contribution < 1.29 is 4.74 Å². The Hall–Kier alpha value is -2.98. The van der Waals surface area contributed by atoms with Crippen LogP contribution in [0.25, 0.3) is 11.6 Å². The first kappa shape index (κ1) is 25.3. The van der Waals surface area contributed by atoms with Gasteiger partial charge >= 0.3 is 0 Å². The Morgan fingerprint density at radius 1 is 0.947 bits per heavy atom. The number of morpholine rings is 1. The third-order valence-electron chi connectivity index (χ3n) is 7.30. The lowest BCUT2D eigenvalue weighted by atomic mass is 9.90. The predicted octanol–water partition coefficient (Wildman–Crippen LogP) is 5.92. The van der Waals surface area contributed by atoms with E-state index < -0.39 is 0 Å². The SMILES string of the molecule is C1=Ic2nc(N3CCOCC3)ncc2C=C1c1ccnc(NC2=C/C=C(C3CCCCCC3)\C=C/C=C\2)n1. The Morgan fingerprint density at radius 3 is 2.66 bits per heavy atom. The van der Waals surface area contributed by atoms with Crippen LogP contribution >= 0.6 is 20.7 Å². The predicted molar refractivity (Wildman–Crippen MR) is 163 cm³/mol. The van der Waals surface area contributed by atoms with Crippen molar-refractivity contribution in [2.45, 2.75) is 38.5 Å². The van der Waals surface area contributed by atoms with Gasteiger partial charge in [-0.2, -0.15) is 0 Å². The highest BCUT2D eigenvalue weighted by Crippen LogP contribution is 2.31. The van der Waals surface area contributed by atoms with E-state index in [0.29, 0.717) is 11.9 Å². The zero-order valence-corrected chi connectivity index (χ0v) is 23.7. The molecule has 38 heavy (non-hydrogen) atoms. The maximum atomic E-state index is 5.46. The van der Waals surface area contributed by atoms with Gasteiger partial charge in [-0.15, -0.1) is 0 Å². The second-order valence-electron chi connectivity index (χ2n) is 9.92. The fraction of sp³-hybridized carbons (Fsp3) is 0.367. The van der Waals surface area contributed by atoms with Crippen molar-refractivity contribution in [2.75, 3.05) is 36.5 Å². The van der Waals surface area contributed by atoms with Gasteiger partial charge in [-0.3, -0.25) is 0 Å². The molecule has 0 amide bonds. The molecule has 2 aromatic heterocycles. The van der Waals surface area contributed by atoms with Crippen molar-refractivity contribution in [3.8, 4) is 0 Å².